The van der Waals surface area contributed by atoms with Gasteiger partial charge in [-0.05, 0) is 36.4 Å². The molecule has 0 fully saturated rings. The van der Waals surface area contributed by atoms with Crippen molar-refractivity contribution in [3.05, 3.63) is 51.9 Å². The lowest BCUT2D eigenvalue weighted by molar-refractivity contribution is 0.349. The highest BCUT2D eigenvalue weighted by Crippen LogP contribution is 2.33. The van der Waals surface area contributed by atoms with E-state index in [-0.39, 0.29) is 5.92 Å². The smallest absolute Gasteiger partial charge is 0.0732 e. The molecule has 0 saturated carbocycles. The van der Waals surface area contributed by atoms with Gasteiger partial charge in [-0.1, -0.05) is 55.4 Å². The average molecular weight is 229 g/mol. The highest BCUT2D eigenvalue weighted by Gasteiger charge is 2.28. The van der Waals surface area contributed by atoms with Gasteiger partial charge in [0.25, 0.3) is 0 Å². The molecule has 1 aromatic carbocycles. The second-order valence-corrected chi connectivity index (χ2v) is 4.61. The predicted molar refractivity (Wildman–Crippen MR) is 72.5 cm³/mol. The van der Waals surface area contributed by atoms with Crippen molar-refractivity contribution >= 4 is 6.08 Å². The van der Waals surface area contributed by atoms with Gasteiger partial charge in [0.15, 0.2) is 0 Å². The SMILES string of the molecule is C/C=C/c1ccc(C(C)(N=[N+]=[N-])C(C)C)cc1. The van der Waals surface area contributed by atoms with Crippen molar-refractivity contribution in [1.82, 2.24) is 0 Å². The number of allylic oxidation sites excluding steroid dienone is 1. The molecule has 0 aromatic heterocycles. The number of azide groups is 1. The Bertz CT molecular complexity index is 439. The van der Waals surface area contributed by atoms with Crippen molar-refractivity contribution < 1.29 is 0 Å². The van der Waals surface area contributed by atoms with Crippen molar-refractivity contribution in [3.8, 4) is 0 Å². The molecule has 1 unspecified atom stereocenters. The molecule has 0 aliphatic rings. The summed E-state index contributed by atoms with van der Waals surface area (Å²) in [6.07, 6.45) is 4.05. The number of benzene rings is 1. The fraction of sp³-hybridized carbons (Fsp3) is 0.429. The van der Waals surface area contributed by atoms with Crippen molar-refractivity contribution in [3.63, 3.8) is 0 Å². The summed E-state index contributed by atoms with van der Waals surface area (Å²) >= 11 is 0. The third-order valence-electron chi connectivity index (χ3n) is 3.23. The minimum atomic E-state index is -0.483. The minimum absolute atomic E-state index is 0.256. The maximum absolute atomic E-state index is 8.70. The van der Waals surface area contributed by atoms with Crippen LogP contribution in [-0.2, 0) is 5.54 Å². The summed E-state index contributed by atoms with van der Waals surface area (Å²) in [5.41, 5.74) is 10.4. The molecule has 0 aliphatic heterocycles. The molecule has 0 spiro atoms. The molecular formula is C14H19N3. The van der Waals surface area contributed by atoms with E-state index in [2.05, 4.69) is 23.9 Å². The van der Waals surface area contributed by atoms with Crippen molar-refractivity contribution in [2.45, 2.75) is 33.2 Å². The lowest BCUT2D eigenvalue weighted by Crippen LogP contribution is -2.25. The van der Waals surface area contributed by atoms with E-state index in [0.717, 1.165) is 11.1 Å². The van der Waals surface area contributed by atoms with E-state index in [0.29, 0.717) is 0 Å². The Balaban J connectivity index is 3.17. The summed E-state index contributed by atoms with van der Waals surface area (Å²) in [5, 5.41) is 3.96. The quantitative estimate of drug-likeness (QED) is 0.400. The van der Waals surface area contributed by atoms with E-state index in [1.807, 2.05) is 50.3 Å². The van der Waals surface area contributed by atoms with Crippen molar-refractivity contribution in [2.24, 2.45) is 11.0 Å². The molecule has 0 heterocycles. The van der Waals surface area contributed by atoms with Crippen LogP contribution in [0.5, 0.6) is 0 Å². The van der Waals surface area contributed by atoms with Gasteiger partial charge in [-0.25, -0.2) is 0 Å². The largest absolute Gasteiger partial charge is 0.0871 e. The molecule has 0 N–H and O–H groups in total. The molecule has 3 nitrogen and oxygen atoms in total. The predicted octanol–water partition coefficient (Wildman–Crippen LogP) is 4.90. The van der Waals surface area contributed by atoms with E-state index >= 15 is 0 Å². The zero-order chi connectivity index (χ0) is 12.9. The lowest BCUT2D eigenvalue weighted by atomic mass is 9.82. The standard InChI is InChI=1S/C14H19N3/c1-5-6-12-7-9-13(10-8-12)14(4,11(2)3)16-17-15/h5-11H,1-4H3/b6-5+. The molecule has 1 atom stereocenters. The number of rotatable bonds is 4. The second kappa shape index (κ2) is 5.55. The Morgan fingerprint density at radius 1 is 1.29 bits per heavy atom. The number of hydrogen-bond donors (Lipinski definition) is 0. The summed E-state index contributed by atoms with van der Waals surface area (Å²) < 4.78 is 0. The van der Waals surface area contributed by atoms with Gasteiger partial charge in [-0.15, -0.1) is 0 Å². The van der Waals surface area contributed by atoms with Gasteiger partial charge in [0, 0.05) is 4.91 Å². The molecule has 0 bridgehead atoms. The van der Waals surface area contributed by atoms with Crippen LogP contribution in [0.15, 0.2) is 35.5 Å². The summed E-state index contributed by atoms with van der Waals surface area (Å²) in [4.78, 5) is 2.98. The molecule has 0 saturated heterocycles. The Kier molecular flexibility index (Phi) is 4.36. The van der Waals surface area contributed by atoms with Crippen LogP contribution in [0.4, 0.5) is 0 Å². The Morgan fingerprint density at radius 3 is 2.29 bits per heavy atom. The Labute approximate surface area is 103 Å². The number of nitrogens with zero attached hydrogens (tertiary/aromatic N) is 3. The fourth-order valence-corrected chi connectivity index (χ4v) is 1.72. The first-order chi connectivity index (χ1) is 8.04. The van der Waals surface area contributed by atoms with Crippen LogP contribution in [0.3, 0.4) is 0 Å². The Morgan fingerprint density at radius 2 is 1.88 bits per heavy atom. The van der Waals surface area contributed by atoms with Gasteiger partial charge in [0.05, 0.1) is 5.54 Å². The summed E-state index contributed by atoms with van der Waals surface area (Å²) in [7, 11) is 0. The summed E-state index contributed by atoms with van der Waals surface area (Å²) in [6, 6.07) is 8.15. The lowest BCUT2D eigenvalue weighted by Gasteiger charge is -2.29. The van der Waals surface area contributed by atoms with Crippen LogP contribution in [-0.4, -0.2) is 0 Å². The van der Waals surface area contributed by atoms with E-state index in [4.69, 9.17) is 5.53 Å². The first-order valence-electron chi connectivity index (χ1n) is 5.84. The minimum Gasteiger partial charge on any atom is -0.0871 e. The topological polar surface area (TPSA) is 48.8 Å². The normalized spacial score (nSPS) is 14.6. The highest BCUT2D eigenvalue weighted by atomic mass is 15.2. The second-order valence-electron chi connectivity index (χ2n) is 4.61. The molecule has 0 amide bonds. The van der Waals surface area contributed by atoms with Crippen LogP contribution in [0.2, 0.25) is 0 Å². The fourth-order valence-electron chi connectivity index (χ4n) is 1.72. The van der Waals surface area contributed by atoms with Crippen LogP contribution in [0, 0.1) is 5.92 Å². The average Bonchev–Trinajstić information content (AvgIpc) is 2.30. The Hall–Kier alpha value is -1.73. The maximum Gasteiger partial charge on any atom is 0.0732 e. The number of hydrogen-bond acceptors (Lipinski definition) is 1. The van der Waals surface area contributed by atoms with Gasteiger partial charge in [-0.3, -0.25) is 0 Å². The first-order valence-corrected chi connectivity index (χ1v) is 5.84. The van der Waals surface area contributed by atoms with Crippen LogP contribution in [0.25, 0.3) is 16.5 Å². The zero-order valence-corrected chi connectivity index (χ0v) is 10.9. The van der Waals surface area contributed by atoms with Crippen molar-refractivity contribution in [1.29, 1.82) is 0 Å². The van der Waals surface area contributed by atoms with Gasteiger partial charge in [0.1, 0.15) is 0 Å². The maximum atomic E-state index is 8.70. The van der Waals surface area contributed by atoms with E-state index in [1.54, 1.807) is 0 Å². The molecular weight excluding hydrogens is 210 g/mol. The highest BCUT2D eigenvalue weighted by molar-refractivity contribution is 5.49. The monoisotopic (exact) mass is 229 g/mol. The van der Waals surface area contributed by atoms with Gasteiger partial charge < -0.3 is 0 Å². The van der Waals surface area contributed by atoms with Crippen LogP contribution < -0.4 is 0 Å². The third kappa shape index (κ3) is 2.89. The zero-order valence-electron chi connectivity index (χ0n) is 10.9. The first kappa shape index (κ1) is 13.3. The third-order valence-corrected chi connectivity index (χ3v) is 3.23. The van der Waals surface area contributed by atoms with Gasteiger partial charge >= 0.3 is 0 Å². The molecule has 1 aromatic rings. The molecule has 17 heavy (non-hydrogen) atoms. The van der Waals surface area contributed by atoms with E-state index in [1.165, 1.54) is 0 Å². The molecule has 0 radical (unpaired) electrons. The summed E-state index contributed by atoms with van der Waals surface area (Å²) in [6.45, 7) is 8.09. The summed E-state index contributed by atoms with van der Waals surface area (Å²) in [5.74, 6) is 0.256. The van der Waals surface area contributed by atoms with Crippen LogP contribution in [0.1, 0.15) is 38.8 Å². The van der Waals surface area contributed by atoms with Crippen molar-refractivity contribution in [2.75, 3.05) is 0 Å². The molecule has 0 aliphatic carbocycles. The molecule has 1 rings (SSSR count). The molecule has 3 heteroatoms. The van der Waals surface area contributed by atoms with Crippen LogP contribution >= 0.6 is 0 Å². The molecule has 90 valence electrons. The van der Waals surface area contributed by atoms with Gasteiger partial charge in [0.2, 0.25) is 0 Å². The van der Waals surface area contributed by atoms with E-state index < -0.39 is 5.54 Å². The van der Waals surface area contributed by atoms with Gasteiger partial charge in [-0.2, -0.15) is 0 Å². The van der Waals surface area contributed by atoms with E-state index in [9.17, 15) is 0 Å².